The molecule has 1 saturated heterocycles. The average Bonchev–Trinajstić information content (AvgIpc) is 3.71. The van der Waals surface area contributed by atoms with Crippen LogP contribution >= 0.6 is 35.2 Å². The number of amides is 2. The molecule has 3 rings (SSSR count). The first kappa shape index (κ1) is 51.6. The van der Waals surface area contributed by atoms with Gasteiger partial charge in [0.05, 0.1) is 25.6 Å². The van der Waals surface area contributed by atoms with E-state index in [9.17, 15) is 63.0 Å². The number of hydrogen-bond acceptors (Lipinski definition) is 19. The van der Waals surface area contributed by atoms with Gasteiger partial charge in [0.2, 0.25) is 16.9 Å². The third kappa shape index (κ3) is 16.9. The Labute approximate surface area is 348 Å². The maximum Gasteiger partial charge on any atom is 0.481 e. The molecular weight excluding hydrogens is 883 g/mol. The second-order valence-corrected chi connectivity index (χ2v) is 19.4. The molecule has 1 aliphatic heterocycles. The van der Waals surface area contributed by atoms with Crippen molar-refractivity contribution in [2.24, 2.45) is 5.41 Å². The summed E-state index contributed by atoms with van der Waals surface area (Å²) in [5, 5.41) is 36.1. The Kier molecular flexibility index (Phi) is 19.9. The van der Waals surface area contributed by atoms with E-state index in [0.717, 1.165) is 48.2 Å². The fourth-order valence-corrected chi connectivity index (χ4v) is 8.83. The molecule has 60 heavy (non-hydrogen) atoms. The van der Waals surface area contributed by atoms with Crippen LogP contribution in [0.3, 0.4) is 0 Å². The standard InChI is InChI=1S/C31H52N7O18P3S/c1-4-5-6-8-19(39)9-7-10-22(41)60-14-13-33-21(40)11-12-34-29(44)26(43)31(2,3)16-53-59(50,51)56-58(48,49)52-15-20-25(55-57(45,46)47)24(42)30(54-20)38-18-37-23-27(32)35-17-36-28(23)38/h7,10,17-20,24-26,30,39,42-43H,4-6,8-9,11-16H2,1-3H3,(H,33,40)(H,34,44)(H,48,49)(H,50,51)(H2,32,35,36)(H2,45,46,47)/b10-7+. The van der Waals surface area contributed by atoms with Gasteiger partial charge < -0.3 is 56.0 Å². The molecule has 0 bridgehead atoms. The van der Waals surface area contributed by atoms with Crippen LogP contribution in [0.2, 0.25) is 0 Å². The van der Waals surface area contributed by atoms with E-state index in [1.54, 1.807) is 6.08 Å². The fraction of sp³-hybridized carbons (Fsp3) is 0.677. The van der Waals surface area contributed by atoms with Crippen molar-refractivity contribution in [3.05, 3.63) is 24.8 Å². The van der Waals surface area contributed by atoms with Gasteiger partial charge in [0.1, 0.15) is 36.3 Å². The molecule has 0 radical (unpaired) electrons. The summed E-state index contributed by atoms with van der Waals surface area (Å²) in [5.41, 5.74) is 4.24. The van der Waals surface area contributed by atoms with Crippen molar-refractivity contribution >= 4 is 69.1 Å². The molecule has 3 heterocycles. The molecule has 11 N–H and O–H groups in total. The monoisotopic (exact) mass is 935 g/mol. The Bertz CT molecular complexity index is 1940. The Hall–Kier alpha value is -2.74. The number of hydrogen-bond donors (Lipinski definition) is 10. The van der Waals surface area contributed by atoms with Gasteiger partial charge in [0.25, 0.3) is 0 Å². The molecule has 1 fully saturated rings. The van der Waals surface area contributed by atoms with Crippen molar-refractivity contribution in [2.75, 3.05) is 37.8 Å². The van der Waals surface area contributed by atoms with Crippen LogP contribution in [0.15, 0.2) is 24.8 Å². The minimum Gasteiger partial charge on any atom is -0.393 e. The van der Waals surface area contributed by atoms with Crippen molar-refractivity contribution in [3.63, 3.8) is 0 Å². The van der Waals surface area contributed by atoms with E-state index < -0.39 is 90.7 Å². The number of nitrogen functional groups attached to an aromatic ring is 1. The highest BCUT2D eigenvalue weighted by Crippen LogP contribution is 2.61. The summed E-state index contributed by atoms with van der Waals surface area (Å²) >= 11 is 0.975. The Morgan fingerprint density at radius 1 is 1.05 bits per heavy atom. The summed E-state index contributed by atoms with van der Waals surface area (Å²) in [6, 6.07) is 0. The van der Waals surface area contributed by atoms with E-state index in [1.165, 1.54) is 19.9 Å². The van der Waals surface area contributed by atoms with Gasteiger partial charge in [-0.05, 0) is 18.9 Å². The lowest BCUT2D eigenvalue weighted by Gasteiger charge is -2.30. The van der Waals surface area contributed by atoms with Crippen molar-refractivity contribution in [1.82, 2.24) is 30.2 Å². The number of rotatable bonds is 26. The molecular formula is C31H52N7O18P3S. The third-order valence-corrected chi connectivity index (χ3v) is 12.5. The second-order valence-electron chi connectivity index (χ2n) is 14.0. The van der Waals surface area contributed by atoms with Gasteiger partial charge >= 0.3 is 23.5 Å². The van der Waals surface area contributed by atoms with Crippen molar-refractivity contribution in [2.45, 2.75) is 96.0 Å². The average molecular weight is 936 g/mol. The molecule has 8 atom stereocenters. The zero-order valence-electron chi connectivity index (χ0n) is 32.8. The minimum absolute atomic E-state index is 0.0264. The summed E-state index contributed by atoms with van der Waals surface area (Å²) in [7, 11) is -16.4. The number of ether oxygens (including phenoxy) is 1. The van der Waals surface area contributed by atoms with Gasteiger partial charge in [-0.25, -0.2) is 28.6 Å². The van der Waals surface area contributed by atoms with E-state index in [1.807, 2.05) is 0 Å². The molecule has 1 aliphatic rings. The summed E-state index contributed by atoms with van der Waals surface area (Å²) in [6.45, 7) is 2.45. The number of carbonyl (C=O) groups excluding carboxylic acids is 3. The number of aliphatic hydroxyl groups is 3. The zero-order valence-corrected chi connectivity index (χ0v) is 36.3. The molecule has 0 aromatic carbocycles. The maximum absolute atomic E-state index is 12.7. The number of unbranched alkanes of at least 4 members (excludes halogenated alkanes) is 2. The van der Waals surface area contributed by atoms with Gasteiger partial charge in [-0.15, -0.1) is 0 Å². The van der Waals surface area contributed by atoms with Gasteiger partial charge in [-0.2, -0.15) is 4.31 Å². The number of aliphatic hydroxyl groups excluding tert-OH is 3. The number of carbonyl (C=O) groups is 3. The largest absolute Gasteiger partial charge is 0.481 e. The number of nitrogens with one attached hydrogen (secondary N) is 2. The molecule has 2 aromatic rings. The van der Waals surface area contributed by atoms with Crippen LogP contribution in [-0.4, -0.2) is 134 Å². The normalized spacial score (nSPS) is 21.7. The van der Waals surface area contributed by atoms with Crippen LogP contribution in [0.1, 0.15) is 65.5 Å². The molecule has 0 saturated carbocycles. The van der Waals surface area contributed by atoms with Crippen molar-refractivity contribution < 1.29 is 85.6 Å². The first-order valence-electron chi connectivity index (χ1n) is 18.4. The summed E-state index contributed by atoms with van der Waals surface area (Å²) < 4.78 is 62.2. The van der Waals surface area contributed by atoms with Gasteiger partial charge in [0, 0.05) is 30.7 Å². The molecule has 29 heteroatoms. The van der Waals surface area contributed by atoms with Crippen LogP contribution in [0.5, 0.6) is 0 Å². The van der Waals surface area contributed by atoms with E-state index in [0.29, 0.717) is 12.8 Å². The molecule has 8 unspecified atom stereocenters. The topological polar surface area (TPSA) is 384 Å². The van der Waals surface area contributed by atoms with Crippen LogP contribution < -0.4 is 16.4 Å². The van der Waals surface area contributed by atoms with Crippen molar-refractivity contribution in [3.8, 4) is 0 Å². The lowest BCUT2D eigenvalue weighted by Crippen LogP contribution is -2.46. The van der Waals surface area contributed by atoms with Crippen LogP contribution in [-0.2, 0) is 50.7 Å². The second kappa shape index (κ2) is 23.1. The molecule has 0 spiro atoms. The quantitative estimate of drug-likeness (QED) is 0.0350. The number of fused-ring (bicyclic) bond motifs is 1. The van der Waals surface area contributed by atoms with Crippen LogP contribution in [0, 0.1) is 5.41 Å². The Morgan fingerprint density at radius 3 is 2.43 bits per heavy atom. The number of aromatic nitrogens is 4. The van der Waals surface area contributed by atoms with Gasteiger partial charge in [-0.1, -0.05) is 57.9 Å². The third-order valence-electron chi connectivity index (χ3n) is 8.55. The molecule has 2 amide bonds. The number of imidazole rings is 1. The smallest absolute Gasteiger partial charge is 0.393 e. The Morgan fingerprint density at radius 2 is 1.75 bits per heavy atom. The number of anilines is 1. The summed E-state index contributed by atoms with van der Waals surface area (Å²) in [5.74, 6) is -1.23. The number of nitrogens with zero attached hydrogens (tertiary/aromatic N) is 4. The lowest BCUT2D eigenvalue weighted by molar-refractivity contribution is -0.137. The number of phosphoric ester groups is 3. The van der Waals surface area contributed by atoms with Crippen molar-refractivity contribution in [1.29, 1.82) is 0 Å². The lowest BCUT2D eigenvalue weighted by atomic mass is 9.87. The number of phosphoric acid groups is 3. The predicted octanol–water partition coefficient (Wildman–Crippen LogP) is 0.552. The molecule has 0 aliphatic carbocycles. The van der Waals surface area contributed by atoms with E-state index in [4.69, 9.17) is 19.5 Å². The van der Waals surface area contributed by atoms with Gasteiger partial charge in [0.15, 0.2) is 17.7 Å². The van der Waals surface area contributed by atoms with Crippen LogP contribution in [0.4, 0.5) is 5.82 Å². The Balaban J connectivity index is 1.43. The highest BCUT2D eigenvalue weighted by atomic mass is 32.2. The van der Waals surface area contributed by atoms with E-state index in [-0.39, 0.29) is 47.4 Å². The first-order chi connectivity index (χ1) is 27.9. The molecule has 340 valence electrons. The minimum atomic E-state index is -5.58. The SMILES string of the molecule is CCCCCC(O)C/C=C/C(=O)SCCNC(=O)CCNC(=O)C(O)C(C)(C)COP(=O)(O)OP(=O)(O)OCC1OC(n2cnc3c(N)ncnc32)C(O)C1OP(=O)(O)O. The molecule has 2 aromatic heterocycles. The molecule has 25 nitrogen and oxygen atoms in total. The number of nitrogens with two attached hydrogens (primary N) is 1. The van der Waals surface area contributed by atoms with E-state index >= 15 is 0 Å². The highest BCUT2D eigenvalue weighted by Gasteiger charge is 2.50. The summed E-state index contributed by atoms with van der Waals surface area (Å²) in [4.78, 5) is 87.7. The highest BCUT2D eigenvalue weighted by molar-refractivity contribution is 8.14. The predicted molar refractivity (Wildman–Crippen MR) is 211 cm³/mol. The zero-order chi connectivity index (χ0) is 44.9. The number of thioether (sulfide) groups is 1. The first-order valence-corrected chi connectivity index (χ1v) is 23.9. The maximum atomic E-state index is 12.7. The van der Waals surface area contributed by atoms with Gasteiger partial charge in [-0.3, -0.25) is 32.5 Å². The fourth-order valence-electron chi connectivity index (χ4n) is 5.40. The van der Waals surface area contributed by atoms with E-state index in [2.05, 4.69) is 41.3 Å². The summed E-state index contributed by atoms with van der Waals surface area (Å²) in [6.07, 6.45) is -0.486. The van der Waals surface area contributed by atoms with Crippen LogP contribution in [0.25, 0.3) is 11.2 Å².